The number of fused-ring (bicyclic) bond motifs is 1. The second kappa shape index (κ2) is 6.05. The molecule has 0 amide bonds. The zero-order valence-corrected chi connectivity index (χ0v) is 13.7. The van der Waals surface area contributed by atoms with E-state index in [9.17, 15) is 8.42 Å². The third-order valence-electron chi connectivity index (χ3n) is 3.78. The molecule has 0 aliphatic heterocycles. The fourth-order valence-electron chi connectivity index (χ4n) is 2.69. The summed E-state index contributed by atoms with van der Waals surface area (Å²) in [4.78, 5) is 4.53. The van der Waals surface area contributed by atoms with Crippen LogP contribution in [-0.2, 0) is 9.84 Å². The molecule has 0 fully saturated rings. The maximum absolute atomic E-state index is 11.9. The summed E-state index contributed by atoms with van der Waals surface area (Å²) in [6.07, 6.45) is 5.69. The molecule has 0 bridgehead atoms. The van der Waals surface area contributed by atoms with Crippen LogP contribution in [0.1, 0.15) is 45.6 Å². The van der Waals surface area contributed by atoms with E-state index in [0.717, 1.165) is 18.4 Å². The van der Waals surface area contributed by atoms with Gasteiger partial charge in [-0.25, -0.2) is 13.4 Å². The number of nitrogens with zero attached hydrogens (tertiary/aromatic N) is 2. The van der Waals surface area contributed by atoms with E-state index in [-0.39, 0.29) is 10.9 Å². The van der Waals surface area contributed by atoms with E-state index in [1.165, 1.54) is 19.1 Å². The zero-order valence-electron chi connectivity index (χ0n) is 12.8. The molecule has 2 aromatic rings. The van der Waals surface area contributed by atoms with Gasteiger partial charge in [-0.2, -0.15) is 0 Å². The van der Waals surface area contributed by atoms with Crippen LogP contribution in [0.25, 0.3) is 11.0 Å². The van der Waals surface area contributed by atoms with Crippen molar-refractivity contribution < 1.29 is 8.42 Å². The fourth-order valence-corrected chi connectivity index (χ4v) is 3.52. The Labute approximate surface area is 126 Å². The molecule has 5 nitrogen and oxygen atoms in total. The van der Waals surface area contributed by atoms with Crippen LogP contribution in [0.5, 0.6) is 0 Å². The van der Waals surface area contributed by atoms with Gasteiger partial charge in [-0.05, 0) is 25.5 Å². The van der Waals surface area contributed by atoms with Crippen LogP contribution in [0.4, 0.5) is 5.95 Å². The molecule has 0 saturated heterocycles. The Morgan fingerprint density at radius 3 is 2.67 bits per heavy atom. The maximum atomic E-state index is 11.9. The van der Waals surface area contributed by atoms with E-state index in [0.29, 0.717) is 11.5 Å². The molecule has 116 valence electrons. The standard InChI is InChI=1S/C15H23N3O2S/c1-4-5-6-8-11(2)18-12-9-7-10-13(21(3,19)20)14(12)17-15(18)16/h7,9-11H,4-6,8H2,1-3H3,(H2,16,17). The number of rotatable bonds is 6. The largest absolute Gasteiger partial charge is 0.369 e. The molecule has 1 atom stereocenters. The fraction of sp³-hybridized carbons (Fsp3) is 0.533. The summed E-state index contributed by atoms with van der Waals surface area (Å²) < 4.78 is 25.7. The summed E-state index contributed by atoms with van der Waals surface area (Å²) in [6.45, 7) is 4.27. The van der Waals surface area contributed by atoms with Crippen LogP contribution < -0.4 is 5.73 Å². The minimum absolute atomic E-state index is 0.205. The molecule has 1 heterocycles. The first-order chi connectivity index (χ1) is 9.86. The Morgan fingerprint density at radius 2 is 2.05 bits per heavy atom. The number of aromatic nitrogens is 2. The number of unbranched alkanes of at least 4 members (excludes halogenated alkanes) is 2. The Morgan fingerprint density at radius 1 is 1.33 bits per heavy atom. The molecule has 0 aliphatic carbocycles. The number of benzene rings is 1. The van der Waals surface area contributed by atoms with Crippen molar-refractivity contribution in [1.29, 1.82) is 0 Å². The van der Waals surface area contributed by atoms with Crippen molar-refractivity contribution in [1.82, 2.24) is 9.55 Å². The van der Waals surface area contributed by atoms with Gasteiger partial charge in [0.1, 0.15) is 5.52 Å². The summed E-state index contributed by atoms with van der Waals surface area (Å²) in [7, 11) is -3.31. The molecule has 2 rings (SSSR count). The Bertz CT molecular complexity index is 735. The number of anilines is 1. The van der Waals surface area contributed by atoms with Crippen molar-refractivity contribution in [2.75, 3.05) is 12.0 Å². The lowest BCUT2D eigenvalue weighted by Crippen LogP contribution is -2.08. The van der Waals surface area contributed by atoms with E-state index in [2.05, 4.69) is 18.8 Å². The van der Waals surface area contributed by atoms with Crippen LogP contribution >= 0.6 is 0 Å². The maximum Gasteiger partial charge on any atom is 0.201 e. The van der Waals surface area contributed by atoms with Crippen molar-refractivity contribution in [3.05, 3.63) is 18.2 Å². The summed E-state index contributed by atoms with van der Waals surface area (Å²) in [5.41, 5.74) is 7.29. The Hall–Kier alpha value is -1.56. The average Bonchev–Trinajstić information content (AvgIpc) is 2.73. The summed E-state index contributed by atoms with van der Waals surface area (Å²) >= 11 is 0. The molecule has 0 radical (unpaired) electrons. The summed E-state index contributed by atoms with van der Waals surface area (Å²) in [5, 5.41) is 0. The van der Waals surface area contributed by atoms with E-state index in [1.54, 1.807) is 12.1 Å². The van der Waals surface area contributed by atoms with E-state index >= 15 is 0 Å². The van der Waals surface area contributed by atoms with Crippen LogP contribution in [0.3, 0.4) is 0 Å². The first-order valence-corrected chi connectivity index (χ1v) is 9.22. The molecule has 0 saturated carbocycles. The number of sulfone groups is 1. The number of hydrogen-bond donors (Lipinski definition) is 1. The normalized spacial score (nSPS) is 13.7. The van der Waals surface area contributed by atoms with Crippen LogP contribution in [-0.4, -0.2) is 24.2 Å². The van der Waals surface area contributed by atoms with Gasteiger partial charge in [-0.15, -0.1) is 0 Å². The predicted octanol–water partition coefficient (Wildman–Crippen LogP) is 3.16. The third kappa shape index (κ3) is 3.20. The minimum Gasteiger partial charge on any atom is -0.369 e. The number of hydrogen-bond acceptors (Lipinski definition) is 4. The van der Waals surface area contributed by atoms with Gasteiger partial charge in [0.25, 0.3) is 0 Å². The van der Waals surface area contributed by atoms with E-state index in [1.807, 2.05) is 10.6 Å². The molecule has 2 N–H and O–H groups in total. The quantitative estimate of drug-likeness (QED) is 0.831. The Kier molecular flexibility index (Phi) is 4.56. The highest BCUT2D eigenvalue weighted by atomic mass is 32.2. The minimum atomic E-state index is -3.31. The molecular formula is C15H23N3O2S. The van der Waals surface area contributed by atoms with Gasteiger partial charge in [0.05, 0.1) is 10.4 Å². The second-order valence-electron chi connectivity index (χ2n) is 5.58. The summed E-state index contributed by atoms with van der Waals surface area (Å²) in [6, 6.07) is 5.41. The van der Waals surface area contributed by atoms with Gasteiger partial charge in [-0.1, -0.05) is 32.3 Å². The second-order valence-corrected chi connectivity index (χ2v) is 7.57. The van der Waals surface area contributed by atoms with Crippen LogP contribution in [0, 0.1) is 0 Å². The third-order valence-corrected chi connectivity index (χ3v) is 4.90. The van der Waals surface area contributed by atoms with Crippen LogP contribution in [0.15, 0.2) is 23.1 Å². The predicted molar refractivity (Wildman–Crippen MR) is 86.1 cm³/mol. The van der Waals surface area contributed by atoms with Gasteiger partial charge < -0.3 is 10.3 Å². The first kappa shape index (κ1) is 15.8. The van der Waals surface area contributed by atoms with Crippen molar-refractivity contribution in [2.45, 2.75) is 50.5 Å². The highest BCUT2D eigenvalue weighted by Gasteiger charge is 2.19. The number of para-hydroxylation sites is 1. The number of imidazole rings is 1. The molecule has 21 heavy (non-hydrogen) atoms. The molecule has 0 spiro atoms. The molecule has 6 heteroatoms. The first-order valence-electron chi connectivity index (χ1n) is 7.32. The van der Waals surface area contributed by atoms with Crippen molar-refractivity contribution in [2.24, 2.45) is 0 Å². The van der Waals surface area contributed by atoms with Gasteiger partial charge in [-0.3, -0.25) is 0 Å². The lowest BCUT2D eigenvalue weighted by molar-refractivity contribution is 0.492. The SMILES string of the molecule is CCCCCC(C)n1c(N)nc2c(S(C)(=O)=O)cccc21. The molecular weight excluding hydrogens is 286 g/mol. The van der Waals surface area contributed by atoms with Gasteiger partial charge in [0, 0.05) is 12.3 Å². The topological polar surface area (TPSA) is 78.0 Å². The van der Waals surface area contributed by atoms with Gasteiger partial charge >= 0.3 is 0 Å². The molecule has 0 aliphatic rings. The lowest BCUT2D eigenvalue weighted by atomic mass is 10.1. The smallest absolute Gasteiger partial charge is 0.201 e. The summed E-state index contributed by atoms with van der Waals surface area (Å²) in [5.74, 6) is 0.380. The monoisotopic (exact) mass is 309 g/mol. The zero-order chi connectivity index (χ0) is 15.6. The van der Waals surface area contributed by atoms with E-state index < -0.39 is 9.84 Å². The molecule has 1 unspecified atom stereocenters. The lowest BCUT2D eigenvalue weighted by Gasteiger charge is -2.15. The number of nitrogens with two attached hydrogens (primary N) is 1. The van der Waals surface area contributed by atoms with Gasteiger partial charge in [0.2, 0.25) is 5.95 Å². The highest BCUT2D eigenvalue weighted by Crippen LogP contribution is 2.29. The Balaban J connectivity index is 2.49. The van der Waals surface area contributed by atoms with Crippen LogP contribution in [0.2, 0.25) is 0 Å². The van der Waals surface area contributed by atoms with E-state index in [4.69, 9.17) is 5.73 Å². The molecule has 1 aromatic carbocycles. The average molecular weight is 309 g/mol. The van der Waals surface area contributed by atoms with Crippen molar-refractivity contribution in [3.63, 3.8) is 0 Å². The number of nitrogen functional groups attached to an aromatic ring is 1. The van der Waals surface area contributed by atoms with Crippen molar-refractivity contribution in [3.8, 4) is 0 Å². The molecule has 1 aromatic heterocycles. The van der Waals surface area contributed by atoms with Crippen molar-refractivity contribution >= 4 is 26.8 Å². The van der Waals surface area contributed by atoms with Gasteiger partial charge in [0.15, 0.2) is 9.84 Å². The highest BCUT2D eigenvalue weighted by molar-refractivity contribution is 7.91.